The number of carbonyl (C=O) groups excluding carboxylic acids is 1. The first-order chi connectivity index (χ1) is 8.02. The van der Waals surface area contributed by atoms with E-state index in [9.17, 15) is 9.90 Å². The van der Waals surface area contributed by atoms with E-state index in [4.69, 9.17) is 0 Å². The van der Waals surface area contributed by atoms with Gasteiger partial charge in [-0.1, -0.05) is 37.3 Å². The highest BCUT2D eigenvalue weighted by atomic mass is 16.3. The van der Waals surface area contributed by atoms with Crippen LogP contribution in [-0.4, -0.2) is 24.1 Å². The lowest BCUT2D eigenvalue weighted by atomic mass is 10.0. The molecule has 0 radical (unpaired) electrons. The second-order valence-electron chi connectivity index (χ2n) is 3.75. The van der Waals surface area contributed by atoms with Crippen LogP contribution in [-0.2, 0) is 4.79 Å². The Balaban J connectivity index is 0.000000437. The Kier molecular flexibility index (Phi) is 8.01. The number of hydrogen-bond donors (Lipinski definition) is 3. The Morgan fingerprint density at radius 2 is 1.88 bits per heavy atom. The molecule has 4 N–H and O–H groups in total. The zero-order valence-corrected chi connectivity index (χ0v) is 10.7. The molecule has 96 valence electrons. The summed E-state index contributed by atoms with van der Waals surface area (Å²) in [7, 11) is 1.84. The Morgan fingerprint density at radius 1 is 1.41 bits per heavy atom. The molecule has 0 aliphatic heterocycles. The first-order valence-corrected chi connectivity index (χ1v) is 5.71. The van der Waals surface area contributed by atoms with Crippen molar-refractivity contribution in [2.45, 2.75) is 32.4 Å². The van der Waals surface area contributed by atoms with Gasteiger partial charge in [0.05, 0.1) is 6.10 Å². The van der Waals surface area contributed by atoms with Gasteiger partial charge in [-0.2, -0.15) is 0 Å². The minimum atomic E-state index is -0.420. The van der Waals surface area contributed by atoms with Crippen LogP contribution in [0.2, 0.25) is 0 Å². The van der Waals surface area contributed by atoms with Crippen LogP contribution in [0.15, 0.2) is 30.3 Å². The molecule has 1 aromatic rings. The standard InChI is InChI=1S/C10H15NO.C3H7NO/c1-8(11-2)10(12)9-6-4-3-5-7-9;1-2-3(4)5/h3-8,10-12H,1-2H3;2H2,1H3,(H2,4,5). The molecule has 0 spiro atoms. The molecule has 0 aromatic heterocycles. The van der Waals surface area contributed by atoms with E-state index in [0.29, 0.717) is 6.42 Å². The first kappa shape index (κ1) is 15.6. The maximum absolute atomic E-state index is 9.73. The summed E-state index contributed by atoms with van der Waals surface area (Å²) in [5, 5.41) is 12.7. The quantitative estimate of drug-likeness (QED) is 0.738. The molecular formula is C13H22N2O2. The van der Waals surface area contributed by atoms with E-state index < -0.39 is 6.10 Å². The second-order valence-corrected chi connectivity index (χ2v) is 3.75. The molecule has 0 saturated carbocycles. The van der Waals surface area contributed by atoms with E-state index in [0.717, 1.165) is 5.56 Å². The van der Waals surface area contributed by atoms with Crippen LogP contribution in [0.3, 0.4) is 0 Å². The SMILES string of the molecule is CCC(N)=O.CNC(C)C(O)c1ccccc1. The Morgan fingerprint density at radius 3 is 2.24 bits per heavy atom. The van der Waals surface area contributed by atoms with Gasteiger partial charge in [0, 0.05) is 12.5 Å². The van der Waals surface area contributed by atoms with Crippen LogP contribution in [0.1, 0.15) is 31.9 Å². The molecule has 4 nitrogen and oxygen atoms in total. The van der Waals surface area contributed by atoms with Crippen LogP contribution in [0.4, 0.5) is 0 Å². The number of likely N-dealkylation sites (N-methyl/N-ethyl adjacent to an activating group) is 1. The third-order valence-corrected chi connectivity index (χ3v) is 2.42. The van der Waals surface area contributed by atoms with Gasteiger partial charge in [0.1, 0.15) is 0 Å². The van der Waals surface area contributed by atoms with Gasteiger partial charge < -0.3 is 16.2 Å². The zero-order chi connectivity index (χ0) is 13.3. The third kappa shape index (κ3) is 6.71. The average molecular weight is 238 g/mol. The van der Waals surface area contributed by atoms with Crippen molar-refractivity contribution in [1.29, 1.82) is 0 Å². The molecule has 0 aliphatic carbocycles. The topological polar surface area (TPSA) is 75.4 Å². The van der Waals surface area contributed by atoms with Gasteiger partial charge in [-0.15, -0.1) is 0 Å². The van der Waals surface area contributed by atoms with E-state index >= 15 is 0 Å². The van der Waals surface area contributed by atoms with E-state index in [2.05, 4.69) is 11.1 Å². The fourth-order valence-corrected chi connectivity index (χ4v) is 1.10. The highest BCUT2D eigenvalue weighted by Crippen LogP contribution is 2.15. The number of benzene rings is 1. The van der Waals surface area contributed by atoms with Gasteiger partial charge in [0.15, 0.2) is 0 Å². The van der Waals surface area contributed by atoms with Crippen LogP contribution in [0.5, 0.6) is 0 Å². The lowest BCUT2D eigenvalue weighted by Crippen LogP contribution is -2.28. The normalized spacial score (nSPS) is 13.2. The molecule has 0 fully saturated rings. The number of aliphatic hydroxyl groups is 1. The molecule has 0 aliphatic rings. The highest BCUT2D eigenvalue weighted by Gasteiger charge is 2.12. The molecule has 1 amide bonds. The molecule has 2 atom stereocenters. The van der Waals surface area contributed by atoms with Gasteiger partial charge in [0.2, 0.25) is 5.91 Å². The van der Waals surface area contributed by atoms with E-state index in [1.165, 1.54) is 0 Å². The fraction of sp³-hybridized carbons (Fsp3) is 0.462. The predicted molar refractivity (Wildman–Crippen MR) is 69.4 cm³/mol. The molecule has 0 heterocycles. The fourth-order valence-electron chi connectivity index (χ4n) is 1.10. The summed E-state index contributed by atoms with van der Waals surface area (Å²) >= 11 is 0. The van der Waals surface area contributed by atoms with E-state index in [1.54, 1.807) is 6.92 Å². The summed E-state index contributed by atoms with van der Waals surface area (Å²) in [6.45, 7) is 3.68. The molecule has 0 bridgehead atoms. The molecule has 4 heteroatoms. The van der Waals surface area contributed by atoms with Crippen molar-refractivity contribution in [2.75, 3.05) is 7.05 Å². The lowest BCUT2D eigenvalue weighted by molar-refractivity contribution is -0.117. The number of primary amides is 1. The molecule has 1 rings (SSSR count). The number of carbonyl (C=O) groups is 1. The summed E-state index contributed by atoms with van der Waals surface area (Å²) in [5.74, 6) is -0.245. The monoisotopic (exact) mass is 238 g/mol. The number of rotatable bonds is 4. The molecule has 17 heavy (non-hydrogen) atoms. The van der Waals surface area contributed by atoms with Crippen molar-refractivity contribution >= 4 is 5.91 Å². The Hall–Kier alpha value is -1.39. The predicted octanol–water partition coefficient (Wildman–Crippen LogP) is 1.21. The summed E-state index contributed by atoms with van der Waals surface area (Å²) in [5.41, 5.74) is 5.61. The maximum atomic E-state index is 9.73. The van der Waals surface area contributed by atoms with Gasteiger partial charge in [-0.05, 0) is 19.5 Å². The van der Waals surface area contributed by atoms with Crippen molar-refractivity contribution in [3.8, 4) is 0 Å². The highest BCUT2D eigenvalue weighted by molar-refractivity contribution is 5.73. The number of aliphatic hydroxyl groups excluding tert-OH is 1. The van der Waals surface area contributed by atoms with Crippen LogP contribution >= 0.6 is 0 Å². The minimum Gasteiger partial charge on any atom is -0.387 e. The summed E-state index contributed by atoms with van der Waals surface area (Å²) in [6, 6.07) is 9.76. The van der Waals surface area contributed by atoms with Gasteiger partial charge >= 0.3 is 0 Å². The Bertz CT molecular complexity index is 314. The number of amides is 1. The second kappa shape index (κ2) is 8.73. The minimum absolute atomic E-state index is 0.0902. The maximum Gasteiger partial charge on any atom is 0.217 e. The van der Waals surface area contributed by atoms with Gasteiger partial charge in [0.25, 0.3) is 0 Å². The first-order valence-electron chi connectivity index (χ1n) is 5.71. The average Bonchev–Trinajstić information content (AvgIpc) is 2.38. The molecule has 0 saturated heterocycles. The summed E-state index contributed by atoms with van der Waals surface area (Å²) < 4.78 is 0. The molecule has 2 unspecified atom stereocenters. The lowest BCUT2D eigenvalue weighted by Gasteiger charge is -2.17. The van der Waals surface area contributed by atoms with Crippen molar-refractivity contribution in [2.24, 2.45) is 5.73 Å². The third-order valence-electron chi connectivity index (χ3n) is 2.42. The van der Waals surface area contributed by atoms with Crippen molar-refractivity contribution in [3.63, 3.8) is 0 Å². The summed E-state index contributed by atoms with van der Waals surface area (Å²) in [6.07, 6.45) is 0.0243. The molecule has 1 aromatic carbocycles. The number of nitrogens with one attached hydrogen (secondary N) is 1. The van der Waals surface area contributed by atoms with Crippen LogP contribution in [0.25, 0.3) is 0 Å². The number of nitrogens with two attached hydrogens (primary N) is 1. The van der Waals surface area contributed by atoms with E-state index in [-0.39, 0.29) is 11.9 Å². The van der Waals surface area contributed by atoms with Crippen LogP contribution in [0, 0.1) is 0 Å². The molecular weight excluding hydrogens is 216 g/mol. The van der Waals surface area contributed by atoms with Crippen molar-refractivity contribution in [3.05, 3.63) is 35.9 Å². The van der Waals surface area contributed by atoms with Gasteiger partial charge in [-0.3, -0.25) is 4.79 Å². The largest absolute Gasteiger partial charge is 0.387 e. The van der Waals surface area contributed by atoms with E-state index in [1.807, 2.05) is 44.3 Å². The van der Waals surface area contributed by atoms with Gasteiger partial charge in [-0.25, -0.2) is 0 Å². The van der Waals surface area contributed by atoms with Crippen LogP contribution < -0.4 is 11.1 Å². The zero-order valence-electron chi connectivity index (χ0n) is 10.7. The number of hydrogen-bond acceptors (Lipinski definition) is 3. The summed E-state index contributed by atoms with van der Waals surface area (Å²) in [4.78, 5) is 9.59. The Labute approximate surface area is 103 Å². The van der Waals surface area contributed by atoms with Crippen molar-refractivity contribution < 1.29 is 9.90 Å². The van der Waals surface area contributed by atoms with Crippen molar-refractivity contribution in [1.82, 2.24) is 5.32 Å². The smallest absolute Gasteiger partial charge is 0.217 e.